The molecule has 4 nitrogen and oxygen atoms in total. The van der Waals surface area contributed by atoms with Gasteiger partial charge in [0.15, 0.2) is 0 Å². The van der Waals surface area contributed by atoms with Crippen LogP contribution in [-0.2, 0) is 13.5 Å². The van der Waals surface area contributed by atoms with Crippen molar-refractivity contribution in [3.63, 3.8) is 0 Å². The summed E-state index contributed by atoms with van der Waals surface area (Å²) in [6, 6.07) is 5.73. The Morgan fingerprint density at radius 2 is 2.05 bits per heavy atom. The first-order valence-corrected chi connectivity index (χ1v) is 7.09. The lowest BCUT2D eigenvalue weighted by molar-refractivity contribution is 0.548. The first-order valence-electron chi connectivity index (χ1n) is 6.34. The van der Waals surface area contributed by atoms with Crippen LogP contribution in [0.15, 0.2) is 18.2 Å². The third-order valence-corrected chi connectivity index (χ3v) is 4.20. The topological polar surface area (TPSA) is 55.9 Å². The van der Waals surface area contributed by atoms with Crippen molar-refractivity contribution in [1.29, 1.82) is 0 Å². The zero-order valence-electron chi connectivity index (χ0n) is 11.7. The molecule has 2 rings (SSSR count). The molecule has 0 aliphatic carbocycles. The van der Waals surface area contributed by atoms with Crippen LogP contribution < -0.4 is 11.3 Å². The third kappa shape index (κ3) is 2.99. The fourth-order valence-electron chi connectivity index (χ4n) is 2.36. The molecule has 0 saturated carbocycles. The summed E-state index contributed by atoms with van der Waals surface area (Å²) in [6.07, 6.45) is 0.663. The van der Waals surface area contributed by atoms with Crippen LogP contribution >= 0.6 is 23.2 Å². The minimum atomic E-state index is -0.0610. The van der Waals surface area contributed by atoms with Crippen LogP contribution in [0.4, 0.5) is 0 Å². The first kappa shape index (κ1) is 15.3. The predicted octanol–water partition coefficient (Wildman–Crippen LogP) is 3.09. The number of aromatic nitrogens is 2. The van der Waals surface area contributed by atoms with Crippen molar-refractivity contribution in [2.45, 2.75) is 26.3 Å². The van der Waals surface area contributed by atoms with Gasteiger partial charge in [-0.25, -0.2) is 0 Å². The molecular formula is C14H18Cl2N4. The molecule has 3 N–H and O–H groups in total. The van der Waals surface area contributed by atoms with Crippen LogP contribution in [0, 0.1) is 13.8 Å². The number of benzene rings is 1. The molecule has 0 aliphatic heterocycles. The van der Waals surface area contributed by atoms with E-state index < -0.39 is 0 Å². The zero-order chi connectivity index (χ0) is 14.9. The maximum atomic E-state index is 6.28. The highest BCUT2D eigenvalue weighted by Gasteiger charge is 2.19. The maximum absolute atomic E-state index is 6.28. The normalized spacial score (nSPS) is 12.7. The molecule has 20 heavy (non-hydrogen) atoms. The van der Waals surface area contributed by atoms with Crippen molar-refractivity contribution in [3.05, 3.63) is 50.8 Å². The van der Waals surface area contributed by atoms with Crippen LogP contribution in [0.1, 0.15) is 28.4 Å². The molecule has 1 aromatic heterocycles. The summed E-state index contributed by atoms with van der Waals surface area (Å²) in [4.78, 5) is 0. The molecule has 0 aliphatic rings. The Balaban J connectivity index is 2.36. The average Bonchev–Trinajstić information content (AvgIpc) is 2.65. The molecular weight excluding hydrogens is 295 g/mol. The van der Waals surface area contributed by atoms with Gasteiger partial charge in [-0.15, -0.1) is 0 Å². The van der Waals surface area contributed by atoms with E-state index in [0.717, 1.165) is 22.4 Å². The van der Waals surface area contributed by atoms with Gasteiger partial charge in [0.05, 0.1) is 11.7 Å². The largest absolute Gasteiger partial charge is 0.271 e. The number of nitrogens with two attached hydrogens (primary N) is 1. The molecule has 0 amide bonds. The second-order valence-electron chi connectivity index (χ2n) is 4.90. The Morgan fingerprint density at radius 1 is 1.35 bits per heavy atom. The number of halogens is 2. The first-order chi connectivity index (χ1) is 9.43. The summed E-state index contributed by atoms with van der Waals surface area (Å²) >= 11 is 12.4. The Labute approximate surface area is 128 Å². The molecule has 0 bridgehead atoms. The minimum Gasteiger partial charge on any atom is -0.271 e. The molecule has 2 aromatic rings. The maximum Gasteiger partial charge on any atom is 0.130 e. The molecule has 0 radical (unpaired) electrons. The number of hydrazine groups is 1. The van der Waals surface area contributed by atoms with Crippen molar-refractivity contribution in [3.8, 4) is 0 Å². The van der Waals surface area contributed by atoms with Crippen LogP contribution in [-0.4, -0.2) is 9.78 Å². The van der Waals surface area contributed by atoms with Crippen molar-refractivity contribution in [2.75, 3.05) is 0 Å². The van der Waals surface area contributed by atoms with Crippen molar-refractivity contribution >= 4 is 23.2 Å². The second-order valence-corrected chi connectivity index (χ2v) is 5.70. The van der Waals surface area contributed by atoms with Gasteiger partial charge in [-0.05, 0) is 43.5 Å². The predicted molar refractivity (Wildman–Crippen MR) is 82.9 cm³/mol. The van der Waals surface area contributed by atoms with Crippen molar-refractivity contribution in [1.82, 2.24) is 15.2 Å². The lowest BCUT2D eigenvalue weighted by Gasteiger charge is -2.19. The van der Waals surface area contributed by atoms with E-state index >= 15 is 0 Å². The van der Waals surface area contributed by atoms with Gasteiger partial charge in [0, 0.05) is 17.6 Å². The fraction of sp³-hybridized carbons (Fsp3) is 0.357. The zero-order valence-corrected chi connectivity index (χ0v) is 13.3. The third-order valence-electron chi connectivity index (χ3n) is 3.50. The number of aryl methyl sites for hydroxylation is 3. The van der Waals surface area contributed by atoms with E-state index in [0.29, 0.717) is 16.6 Å². The van der Waals surface area contributed by atoms with Gasteiger partial charge in [0.1, 0.15) is 5.15 Å². The highest BCUT2D eigenvalue weighted by Crippen LogP contribution is 2.28. The summed E-state index contributed by atoms with van der Waals surface area (Å²) in [5, 5.41) is 5.66. The number of nitrogens with one attached hydrogen (secondary N) is 1. The monoisotopic (exact) mass is 312 g/mol. The van der Waals surface area contributed by atoms with Gasteiger partial charge in [-0.3, -0.25) is 16.0 Å². The molecule has 0 spiro atoms. The molecule has 1 unspecified atom stereocenters. The van der Waals surface area contributed by atoms with Crippen molar-refractivity contribution in [2.24, 2.45) is 12.9 Å². The fourth-order valence-corrected chi connectivity index (χ4v) is 2.79. The van der Waals surface area contributed by atoms with Gasteiger partial charge in [0.2, 0.25) is 0 Å². The molecule has 0 saturated heterocycles. The Bertz CT molecular complexity index is 622. The highest BCUT2D eigenvalue weighted by molar-refractivity contribution is 6.30. The summed E-state index contributed by atoms with van der Waals surface area (Å²) < 4.78 is 1.67. The lowest BCUT2D eigenvalue weighted by Crippen LogP contribution is -2.30. The van der Waals surface area contributed by atoms with Crippen LogP contribution in [0.5, 0.6) is 0 Å². The van der Waals surface area contributed by atoms with Gasteiger partial charge >= 0.3 is 0 Å². The number of nitrogens with zero attached hydrogens (tertiary/aromatic N) is 2. The molecule has 1 aromatic carbocycles. The summed E-state index contributed by atoms with van der Waals surface area (Å²) in [5.41, 5.74) is 6.96. The van der Waals surface area contributed by atoms with E-state index in [4.69, 9.17) is 29.0 Å². The van der Waals surface area contributed by atoms with E-state index in [1.807, 2.05) is 39.1 Å². The second kappa shape index (κ2) is 6.14. The molecule has 1 atom stereocenters. The van der Waals surface area contributed by atoms with E-state index in [-0.39, 0.29) is 6.04 Å². The quantitative estimate of drug-likeness (QED) is 0.674. The standard InChI is InChI=1S/C14H18Cl2N4/c1-8-4-5-10(15)6-11(8)13(18-17)7-12-9(2)19-20(3)14(12)16/h4-6,13,18H,7,17H2,1-3H3. The molecule has 108 valence electrons. The smallest absolute Gasteiger partial charge is 0.130 e. The average molecular weight is 313 g/mol. The van der Waals surface area contributed by atoms with Gasteiger partial charge in [-0.2, -0.15) is 5.10 Å². The van der Waals surface area contributed by atoms with Gasteiger partial charge in [0.25, 0.3) is 0 Å². The van der Waals surface area contributed by atoms with E-state index in [2.05, 4.69) is 10.5 Å². The van der Waals surface area contributed by atoms with Crippen molar-refractivity contribution < 1.29 is 0 Å². The minimum absolute atomic E-state index is 0.0610. The van der Waals surface area contributed by atoms with Crippen LogP contribution in [0.3, 0.4) is 0 Å². The summed E-state index contributed by atoms with van der Waals surface area (Å²) in [6.45, 7) is 3.98. The molecule has 6 heteroatoms. The van der Waals surface area contributed by atoms with Crippen LogP contribution in [0.2, 0.25) is 10.2 Å². The lowest BCUT2D eigenvalue weighted by atomic mass is 9.96. The van der Waals surface area contributed by atoms with E-state index in [1.54, 1.807) is 4.68 Å². The number of hydrogen-bond acceptors (Lipinski definition) is 3. The molecule has 1 heterocycles. The summed E-state index contributed by atoms with van der Waals surface area (Å²) in [7, 11) is 1.83. The Hall–Kier alpha value is -1.07. The van der Waals surface area contributed by atoms with E-state index in [9.17, 15) is 0 Å². The highest BCUT2D eigenvalue weighted by atomic mass is 35.5. The molecule has 0 fully saturated rings. The Morgan fingerprint density at radius 3 is 2.60 bits per heavy atom. The Kier molecular flexibility index (Phi) is 4.70. The summed E-state index contributed by atoms with van der Waals surface area (Å²) in [5.74, 6) is 5.72. The SMILES string of the molecule is Cc1ccc(Cl)cc1C(Cc1c(C)nn(C)c1Cl)NN. The number of hydrogen-bond donors (Lipinski definition) is 2. The van der Waals surface area contributed by atoms with E-state index in [1.165, 1.54) is 0 Å². The van der Waals surface area contributed by atoms with Gasteiger partial charge < -0.3 is 0 Å². The van der Waals surface area contributed by atoms with Crippen LogP contribution in [0.25, 0.3) is 0 Å². The van der Waals surface area contributed by atoms with Gasteiger partial charge in [-0.1, -0.05) is 29.3 Å². The number of rotatable bonds is 4.